The van der Waals surface area contributed by atoms with E-state index in [2.05, 4.69) is 54.9 Å². The van der Waals surface area contributed by atoms with Crippen LogP contribution < -0.4 is 5.32 Å². The van der Waals surface area contributed by atoms with Crippen molar-refractivity contribution >= 4 is 29.9 Å². The Morgan fingerprint density at radius 3 is 2.35 bits per heavy atom. The predicted octanol–water partition coefficient (Wildman–Crippen LogP) is 2.25. The van der Waals surface area contributed by atoms with E-state index in [9.17, 15) is 0 Å². The van der Waals surface area contributed by atoms with Crippen LogP contribution in [-0.4, -0.2) is 61.6 Å². The van der Waals surface area contributed by atoms with Gasteiger partial charge in [0.15, 0.2) is 5.96 Å². The summed E-state index contributed by atoms with van der Waals surface area (Å²) in [5.41, 5.74) is 0.541. The van der Waals surface area contributed by atoms with Gasteiger partial charge in [0.2, 0.25) is 0 Å². The maximum atomic E-state index is 4.47. The second kappa shape index (κ2) is 6.38. The van der Waals surface area contributed by atoms with E-state index in [1.54, 1.807) is 0 Å². The van der Waals surface area contributed by atoms with Crippen LogP contribution in [0.4, 0.5) is 0 Å². The van der Waals surface area contributed by atoms with Crippen molar-refractivity contribution in [2.75, 3.05) is 40.3 Å². The van der Waals surface area contributed by atoms with E-state index in [0.717, 1.165) is 25.0 Å². The van der Waals surface area contributed by atoms with Crippen LogP contribution in [0.1, 0.15) is 34.1 Å². The topological polar surface area (TPSA) is 30.9 Å². The van der Waals surface area contributed by atoms with Crippen molar-refractivity contribution in [1.82, 2.24) is 15.1 Å². The molecule has 4 nitrogen and oxygen atoms in total. The lowest BCUT2D eigenvalue weighted by Crippen LogP contribution is -2.72. The zero-order valence-corrected chi connectivity index (χ0v) is 16.2. The second-order valence-corrected chi connectivity index (χ2v) is 7.37. The Labute approximate surface area is 141 Å². The monoisotopic (exact) mass is 394 g/mol. The minimum atomic E-state index is 0. The van der Waals surface area contributed by atoms with Gasteiger partial charge in [-0.3, -0.25) is 4.99 Å². The lowest BCUT2D eigenvalue weighted by Gasteiger charge is -2.62. The molecule has 0 bridgehead atoms. The van der Waals surface area contributed by atoms with Crippen LogP contribution >= 0.6 is 24.0 Å². The fraction of sp³-hybridized carbons (Fsp3) is 0.933. The van der Waals surface area contributed by atoms with Crippen molar-refractivity contribution in [2.24, 2.45) is 16.3 Å². The molecule has 5 heteroatoms. The molecule has 0 aromatic rings. The molecule has 0 amide bonds. The molecule has 2 heterocycles. The molecule has 1 atom stereocenters. The average molecular weight is 394 g/mol. The van der Waals surface area contributed by atoms with Crippen LogP contribution in [0.3, 0.4) is 0 Å². The maximum Gasteiger partial charge on any atom is 0.194 e. The summed E-state index contributed by atoms with van der Waals surface area (Å²) in [5.74, 6) is 1.83. The number of aliphatic imine (C=N–C) groups is 1. The highest BCUT2D eigenvalue weighted by molar-refractivity contribution is 14.0. The second-order valence-electron chi connectivity index (χ2n) is 7.37. The molecule has 118 valence electrons. The van der Waals surface area contributed by atoms with E-state index < -0.39 is 0 Å². The highest BCUT2D eigenvalue weighted by Crippen LogP contribution is 2.46. The van der Waals surface area contributed by atoms with Gasteiger partial charge in [-0.2, -0.15) is 0 Å². The van der Waals surface area contributed by atoms with Crippen molar-refractivity contribution in [2.45, 2.75) is 39.7 Å². The largest absolute Gasteiger partial charge is 0.356 e. The summed E-state index contributed by atoms with van der Waals surface area (Å²) in [6, 6.07) is 0. The van der Waals surface area contributed by atoms with E-state index in [1.807, 2.05) is 7.05 Å². The Bertz CT molecular complexity index is 365. The summed E-state index contributed by atoms with van der Waals surface area (Å²) in [7, 11) is 4.10. The van der Waals surface area contributed by atoms with E-state index in [0.29, 0.717) is 5.41 Å². The molecule has 0 radical (unpaired) electrons. The van der Waals surface area contributed by atoms with Crippen LogP contribution in [-0.2, 0) is 0 Å². The molecular weight excluding hydrogens is 363 g/mol. The van der Waals surface area contributed by atoms with Gasteiger partial charge < -0.3 is 15.1 Å². The first-order valence-corrected chi connectivity index (χ1v) is 7.45. The van der Waals surface area contributed by atoms with Crippen molar-refractivity contribution in [3.63, 3.8) is 0 Å². The number of likely N-dealkylation sites (tertiary alicyclic amines) is 2. The summed E-state index contributed by atoms with van der Waals surface area (Å²) in [6.45, 7) is 13.9. The Balaban J connectivity index is 0.00000200. The third kappa shape index (κ3) is 3.24. The summed E-state index contributed by atoms with van der Waals surface area (Å²) in [6.07, 6.45) is 1.30. The van der Waals surface area contributed by atoms with Crippen molar-refractivity contribution in [3.05, 3.63) is 0 Å². The number of nitrogens with one attached hydrogen (secondary N) is 1. The van der Waals surface area contributed by atoms with Gasteiger partial charge in [0.25, 0.3) is 0 Å². The van der Waals surface area contributed by atoms with E-state index in [4.69, 9.17) is 0 Å². The molecule has 0 saturated carbocycles. The van der Waals surface area contributed by atoms with Gasteiger partial charge in [-0.25, -0.2) is 0 Å². The first kappa shape index (κ1) is 18.0. The fourth-order valence-corrected chi connectivity index (χ4v) is 3.12. The lowest BCUT2D eigenvalue weighted by atomic mass is 9.65. The Hall–Kier alpha value is -0.0400. The summed E-state index contributed by atoms with van der Waals surface area (Å²) >= 11 is 0. The summed E-state index contributed by atoms with van der Waals surface area (Å²) in [4.78, 5) is 9.29. The average Bonchev–Trinajstić information content (AvgIpc) is 2.74. The first-order valence-electron chi connectivity index (χ1n) is 7.45. The van der Waals surface area contributed by atoms with Gasteiger partial charge >= 0.3 is 0 Å². The van der Waals surface area contributed by atoms with E-state index >= 15 is 0 Å². The lowest BCUT2D eigenvalue weighted by molar-refractivity contribution is -0.0668. The molecule has 2 aliphatic rings. The third-order valence-corrected chi connectivity index (χ3v) is 5.39. The molecule has 2 fully saturated rings. The number of rotatable bonds is 2. The maximum absolute atomic E-state index is 4.47. The molecule has 20 heavy (non-hydrogen) atoms. The molecule has 2 aliphatic heterocycles. The standard InChI is InChI=1S/C15H30N4.HI/c1-14(2)11-19(15(14,3)4)13(16-5)17-9-12-7-8-18(6)10-12;/h12H,7-11H2,1-6H3,(H,16,17);1H. The summed E-state index contributed by atoms with van der Waals surface area (Å²) in [5, 5.41) is 3.58. The smallest absolute Gasteiger partial charge is 0.194 e. The van der Waals surface area contributed by atoms with Gasteiger partial charge in [0.05, 0.1) is 0 Å². The van der Waals surface area contributed by atoms with Gasteiger partial charge in [-0.15, -0.1) is 24.0 Å². The molecule has 0 aliphatic carbocycles. The predicted molar refractivity (Wildman–Crippen MR) is 96.9 cm³/mol. The summed E-state index contributed by atoms with van der Waals surface area (Å²) < 4.78 is 0. The Morgan fingerprint density at radius 2 is 1.95 bits per heavy atom. The zero-order valence-electron chi connectivity index (χ0n) is 13.9. The van der Waals surface area contributed by atoms with Crippen LogP contribution in [0.2, 0.25) is 0 Å². The minimum absolute atomic E-state index is 0. The first-order chi connectivity index (χ1) is 8.78. The van der Waals surface area contributed by atoms with Crippen molar-refractivity contribution < 1.29 is 0 Å². The highest BCUT2D eigenvalue weighted by Gasteiger charge is 2.53. The molecule has 0 spiro atoms. The van der Waals surface area contributed by atoms with Gasteiger partial charge in [-0.05, 0) is 39.8 Å². The molecule has 1 N–H and O–H groups in total. The number of nitrogens with zero attached hydrogens (tertiary/aromatic N) is 3. The van der Waals surface area contributed by atoms with E-state index in [-0.39, 0.29) is 29.5 Å². The normalized spacial score (nSPS) is 28.8. The van der Waals surface area contributed by atoms with Gasteiger partial charge in [0, 0.05) is 37.6 Å². The Morgan fingerprint density at radius 1 is 1.30 bits per heavy atom. The van der Waals surface area contributed by atoms with Gasteiger partial charge in [-0.1, -0.05) is 13.8 Å². The van der Waals surface area contributed by atoms with E-state index in [1.165, 1.54) is 19.5 Å². The number of guanidine groups is 1. The zero-order chi connectivity index (χ0) is 14.3. The van der Waals surface area contributed by atoms with Crippen LogP contribution in [0.25, 0.3) is 0 Å². The van der Waals surface area contributed by atoms with Crippen molar-refractivity contribution in [3.8, 4) is 0 Å². The van der Waals surface area contributed by atoms with Gasteiger partial charge in [0.1, 0.15) is 0 Å². The van der Waals surface area contributed by atoms with Crippen LogP contribution in [0, 0.1) is 11.3 Å². The molecule has 0 aromatic heterocycles. The quantitative estimate of drug-likeness (QED) is 0.443. The van der Waals surface area contributed by atoms with Crippen LogP contribution in [0.15, 0.2) is 4.99 Å². The number of halogens is 1. The number of hydrogen-bond donors (Lipinski definition) is 1. The highest BCUT2D eigenvalue weighted by atomic mass is 127. The molecule has 0 aromatic carbocycles. The molecule has 2 saturated heterocycles. The fourth-order valence-electron chi connectivity index (χ4n) is 3.12. The molecule has 2 rings (SSSR count). The van der Waals surface area contributed by atoms with Crippen molar-refractivity contribution in [1.29, 1.82) is 0 Å². The third-order valence-electron chi connectivity index (χ3n) is 5.39. The molecular formula is C15H31IN4. The number of hydrogen-bond acceptors (Lipinski definition) is 2. The molecule has 1 unspecified atom stereocenters. The minimum Gasteiger partial charge on any atom is -0.356 e. The SMILES string of the molecule is CN=C(NCC1CCN(C)C1)N1CC(C)(C)C1(C)C.I. The van der Waals surface area contributed by atoms with Crippen LogP contribution in [0.5, 0.6) is 0 Å². The Kier molecular flexibility index (Phi) is 5.75.